The SMILES string of the molecule is Cc1cc(F)ccc1C(=O)c1cc(Br)cs1. The maximum atomic E-state index is 12.9. The first-order valence-corrected chi connectivity index (χ1v) is 6.30. The fraction of sp³-hybridized carbons (Fsp3) is 0.0833. The van der Waals surface area contributed by atoms with Gasteiger partial charge in [-0.2, -0.15) is 0 Å². The second kappa shape index (κ2) is 4.47. The summed E-state index contributed by atoms with van der Waals surface area (Å²) in [5.74, 6) is -0.380. The Bertz CT molecular complexity index is 548. The summed E-state index contributed by atoms with van der Waals surface area (Å²) in [5.41, 5.74) is 1.21. The van der Waals surface area contributed by atoms with Gasteiger partial charge in [-0.25, -0.2) is 4.39 Å². The van der Waals surface area contributed by atoms with E-state index >= 15 is 0 Å². The van der Waals surface area contributed by atoms with Crippen molar-refractivity contribution in [2.45, 2.75) is 6.92 Å². The van der Waals surface area contributed by atoms with Crippen molar-refractivity contribution in [2.75, 3.05) is 0 Å². The number of hydrogen-bond donors (Lipinski definition) is 0. The van der Waals surface area contributed by atoms with Crippen LogP contribution in [0.3, 0.4) is 0 Å². The van der Waals surface area contributed by atoms with Crippen LogP contribution in [0, 0.1) is 12.7 Å². The minimum Gasteiger partial charge on any atom is -0.288 e. The zero-order valence-electron chi connectivity index (χ0n) is 8.46. The second-order valence-electron chi connectivity index (χ2n) is 3.42. The summed E-state index contributed by atoms with van der Waals surface area (Å²) in [6, 6.07) is 5.98. The number of rotatable bonds is 2. The van der Waals surface area contributed by atoms with E-state index in [2.05, 4.69) is 15.9 Å². The number of ketones is 1. The third kappa shape index (κ3) is 2.23. The molecule has 4 heteroatoms. The molecular weight excluding hydrogens is 291 g/mol. The molecule has 2 rings (SSSR count). The van der Waals surface area contributed by atoms with E-state index in [1.54, 1.807) is 13.0 Å². The first-order chi connectivity index (χ1) is 7.58. The van der Waals surface area contributed by atoms with Gasteiger partial charge in [0.05, 0.1) is 4.88 Å². The van der Waals surface area contributed by atoms with Crippen LogP contribution in [-0.4, -0.2) is 5.78 Å². The third-order valence-corrected chi connectivity index (χ3v) is 3.91. The van der Waals surface area contributed by atoms with Crippen LogP contribution in [0.1, 0.15) is 20.8 Å². The Morgan fingerprint density at radius 1 is 1.38 bits per heavy atom. The summed E-state index contributed by atoms with van der Waals surface area (Å²) in [4.78, 5) is 12.7. The van der Waals surface area contributed by atoms with Crippen molar-refractivity contribution in [2.24, 2.45) is 0 Å². The molecule has 0 aliphatic rings. The molecule has 82 valence electrons. The van der Waals surface area contributed by atoms with Crippen molar-refractivity contribution in [3.8, 4) is 0 Å². The number of carbonyl (C=O) groups excluding carboxylic acids is 1. The van der Waals surface area contributed by atoms with E-state index in [1.165, 1.54) is 29.5 Å². The van der Waals surface area contributed by atoms with Crippen molar-refractivity contribution >= 4 is 33.0 Å². The molecule has 0 fully saturated rings. The molecule has 16 heavy (non-hydrogen) atoms. The Labute approximate surface area is 105 Å². The van der Waals surface area contributed by atoms with E-state index in [1.807, 2.05) is 5.38 Å². The van der Waals surface area contributed by atoms with Gasteiger partial charge in [0.1, 0.15) is 5.82 Å². The number of hydrogen-bond acceptors (Lipinski definition) is 2. The Balaban J connectivity index is 2.41. The van der Waals surface area contributed by atoms with Crippen molar-refractivity contribution in [3.05, 3.63) is 55.9 Å². The van der Waals surface area contributed by atoms with Gasteiger partial charge >= 0.3 is 0 Å². The molecule has 0 N–H and O–H groups in total. The molecule has 0 aliphatic heterocycles. The van der Waals surface area contributed by atoms with Gasteiger partial charge in [0, 0.05) is 15.4 Å². The number of thiophene rings is 1. The van der Waals surface area contributed by atoms with E-state index in [9.17, 15) is 9.18 Å². The molecule has 0 unspecified atom stereocenters. The molecule has 1 heterocycles. The van der Waals surface area contributed by atoms with E-state index in [4.69, 9.17) is 0 Å². The van der Waals surface area contributed by atoms with Gasteiger partial charge in [0.2, 0.25) is 5.78 Å². The minimum atomic E-state index is -0.318. The lowest BCUT2D eigenvalue weighted by Gasteiger charge is -2.02. The molecule has 0 amide bonds. The zero-order valence-corrected chi connectivity index (χ0v) is 10.9. The average Bonchev–Trinajstić information content (AvgIpc) is 2.64. The van der Waals surface area contributed by atoms with Gasteiger partial charge in [-0.15, -0.1) is 11.3 Å². The normalized spacial score (nSPS) is 10.4. The summed E-state index contributed by atoms with van der Waals surface area (Å²) in [5, 5.41) is 1.85. The van der Waals surface area contributed by atoms with Crippen LogP contribution in [0.25, 0.3) is 0 Å². The van der Waals surface area contributed by atoms with Crippen LogP contribution < -0.4 is 0 Å². The quantitative estimate of drug-likeness (QED) is 0.760. The molecule has 0 radical (unpaired) electrons. The van der Waals surface area contributed by atoms with Gasteiger partial charge in [0.25, 0.3) is 0 Å². The molecule has 0 atom stereocenters. The Morgan fingerprint density at radius 3 is 2.69 bits per heavy atom. The van der Waals surface area contributed by atoms with Gasteiger partial charge in [-0.3, -0.25) is 4.79 Å². The Morgan fingerprint density at radius 2 is 2.12 bits per heavy atom. The van der Waals surface area contributed by atoms with Gasteiger partial charge < -0.3 is 0 Å². The molecule has 0 bridgehead atoms. The highest BCUT2D eigenvalue weighted by molar-refractivity contribution is 9.10. The first kappa shape index (κ1) is 11.5. The highest BCUT2D eigenvalue weighted by Crippen LogP contribution is 2.23. The number of carbonyl (C=O) groups is 1. The lowest BCUT2D eigenvalue weighted by atomic mass is 10.0. The third-order valence-electron chi connectivity index (χ3n) is 2.22. The fourth-order valence-electron chi connectivity index (χ4n) is 1.45. The van der Waals surface area contributed by atoms with Crippen LogP contribution in [0.15, 0.2) is 34.1 Å². The second-order valence-corrected chi connectivity index (χ2v) is 5.24. The molecule has 0 spiro atoms. The zero-order chi connectivity index (χ0) is 11.7. The number of halogens is 2. The highest BCUT2D eigenvalue weighted by atomic mass is 79.9. The van der Waals surface area contributed by atoms with Crippen molar-refractivity contribution < 1.29 is 9.18 Å². The van der Waals surface area contributed by atoms with E-state index in [0.29, 0.717) is 16.0 Å². The molecule has 1 aromatic carbocycles. The minimum absolute atomic E-state index is 0.0619. The smallest absolute Gasteiger partial charge is 0.203 e. The van der Waals surface area contributed by atoms with E-state index in [0.717, 1.165) is 4.47 Å². The summed E-state index contributed by atoms with van der Waals surface area (Å²) in [6.45, 7) is 1.74. The fourth-order valence-corrected chi connectivity index (χ4v) is 2.83. The van der Waals surface area contributed by atoms with Crippen LogP contribution in [0.5, 0.6) is 0 Å². The Kier molecular flexibility index (Phi) is 3.21. The Hall–Kier alpha value is -1.000. The van der Waals surface area contributed by atoms with Crippen LogP contribution in [0.4, 0.5) is 4.39 Å². The summed E-state index contributed by atoms with van der Waals surface area (Å²) < 4.78 is 13.8. The average molecular weight is 299 g/mol. The van der Waals surface area contributed by atoms with Crippen LogP contribution in [-0.2, 0) is 0 Å². The maximum absolute atomic E-state index is 12.9. The number of aryl methyl sites for hydroxylation is 1. The summed E-state index contributed by atoms with van der Waals surface area (Å²) in [6.07, 6.45) is 0. The molecule has 1 nitrogen and oxygen atoms in total. The maximum Gasteiger partial charge on any atom is 0.203 e. The molecule has 2 aromatic rings. The molecule has 0 saturated carbocycles. The standard InChI is InChI=1S/C12H8BrFOS/c1-7-4-9(14)2-3-10(7)12(15)11-5-8(13)6-16-11/h2-6H,1H3. The molecular formula is C12H8BrFOS. The molecule has 1 aromatic heterocycles. The summed E-state index contributed by atoms with van der Waals surface area (Å²) >= 11 is 4.68. The lowest BCUT2D eigenvalue weighted by molar-refractivity contribution is 0.104. The number of benzene rings is 1. The van der Waals surface area contributed by atoms with Crippen LogP contribution >= 0.6 is 27.3 Å². The van der Waals surface area contributed by atoms with Gasteiger partial charge in [-0.05, 0) is 52.7 Å². The lowest BCUT2D eigenvalue weighted by Crippen LogP contribution is -2.01. The predicted molar refractivity (Wildman–Crippen MR) is 66.6 cm³/mol. The van der Waals surface area contributed by atoms with Crippen molar-refractivity contribution in [1.82, 2.24) is 0 Å². The largest absolute Gasteiger partial charge is 0.288 e. The van der Waals surface area contributed by atoms with Crippen LogP contribution in [0.2, 0.25) is 0 Å². The van der Waals surface area contributed by atoms with E-state index in [-0.39, 0.29) is 11.6 Å². The van der Waals surface area contributed by atoms with Crippen molar-refractivity contribution in [3.63, 3.8) is 0 Å². The van der Waals surface area contributed by atoms with Gasteiger partial charge in [0.15, 0.2) is 0 Å². The highest BCUT2D eigenvalue weighted by Gasteiger charge is 2.13. The van der Waals surface area contributed by atoms with Gasteiger partial charge in [-0.1, -0.05) is 0 Å². The predicted octanol–water partition coefficient (Wildman–Crippen LogP) is 4.19. The van der Waals surface area contributed by atoms with E-state index < -0.39 is 0 Å². The monoisotopic (exact) mass is 298 g/mol. The summed E-state index contributed by atoms with van der Waals surface area (Å²) in [7, 11) is 0. The first-order valence-electron chi connectivity index (χ1n) is 4.63. The molecule has 0 aliphatic carbocycles. The topological polar surface area (TPSA) is 17.1 Å². The van der Waals surface area contributed by atoms with Crippen molar-refractivity contribution in [1.29, 1.82) is 0 Å². The molecule has 0 saturated heterocycles.